The standard InChI is InChI=1S/C21H26N2O5S.C21H26N2O4S.C16H21N5.C8H8O/c1-27-17-11-12-20(28-2)19(15-17)23(16-21(24)22-13-7-4-8-14-22)29(25,26)18-9-5-3-6-10-18;1-2-27-20-14-8-7-13-19(20)23(17-21(24)22-15-9-4-10-16-22)28(25,26)18-11-5-3-6-12-18;1-10(2)13-5-7-14(8-6-13)20-15(17)21-16-18-11(3)9-12(4)19-16;1-7(9)8-5-3-2-4-6-8/h3,5-6,9-12,15H,4,7-8,13-14,16H2,1-2H3;3,5-8,11-14H,2,4,9-10,15-17H2,1H3;5-10H,1-4H3,(H3,17,18,19,20,21);2-6H,1H3. The molecule has 9 rings (SSSR count). The number of sulfonamides is 2. The summed E-state index contributed by atoms with van der Waals surface area (Å²) in [6, 6.07) is 47.3. The van der Waals surface area contributed by atoms with Crippen LogP contribution in [0.25, 0.3) is 0 Å². The number of rotatable bonds is 18. The molecule has 0 unspecified atom stereocenters. The third kappa shape index (κ3) is 19.9. The van der Waals surface area contributed by atoms with Gasteiger partial charge in [0.25, 0.3) is 26.0 Å². The Morgan fingerprint density at radius 1 is 0.598 bits per heavy atom. The largest absolute Gasteiger partial charge is 0.497 e. The van der Waals surface area contributed by atoms with Crippen LogP contribution in [0.1, 0.15) is 99.4 Å². The van der Waals surface area contributed by atoms with E-state index in [4.69, 9.17) is 19.9 Å². The third-order valence-electron chi connectivity index (χ3n) is 13.9. The second-order valence-electron chi connectivity index (χ2n) is 20.7. The number of benzene rings is 6. The highest BCUT2D eigenvalue weighted by atomic mass is 32.2. The first-order valence-corrected chi connectivity index (χ1v) is 31.9. The number of aliphatic imine (C=N–C) groups is 1. The van der Waals surface area contributed by atoms with Crippen molar-refractivity contribution in [3.05, 3.63) is 186 Å². The van der Waals surface area contributed by atoms with E-state index in [9.17, 15) is 31.2 Å². The molecule has 462 valence electrons. The lowest BCUT2D eigenvalue weighted by Gasteiger charge is -2.31. The number of carbonyl (C=O) groups is 3. The number of carbonyl (C=O) groups excluding carboxylic acids is 3. The van der Waals surface area contributed by atoms with Crippen LogP contribution < -0.4 is 33.9 Å². The van der Waals surface area contributed by atoms with Gasteiger partial charge in [-0.3, -0.25) is 23.0 Å². The van der Waals surface area contributed by atoms with Crippen molar-refractivity contribution in [1.29, 1.82) is 0 Å². The van der Waals surface area contributed by atoms with E-state index in [-0.39, 0.29) is 52.1 Å². The lowest BCUT2D eigenvalue weighted by molar-refractivity contribution is -0.131. The zero-order chi connectivity index (χ0) is 62.9. The van der Waals surface area contributed by atoms with Crippen LogP contribution in [0, 0.1) is 13.8 Å². The second kappa shape index (κ2) is 33.2. The van der Waals surface area contributed by atoms with Crippen LogP contribution in [-0.4, -0.2) is 120 Å². The number of Topliss-reactive ketones (excluding diaryl/α,β-unsaturated/α-hetero) is 1. The van der Waals surface area contributed by atoms with Gasteiger partial charge in [0.1, 0.15) is 30.3 Å². The molecule has 0 radical (unpaired) electrons. The fraction of sp³-hybridized carbons (Fsp3) is 0.333. The van der Waals surface area contributed by atoms with E-state index in [1.165, 1.54) is 48.4 Å². The van der Waals surface area contributed by atoms with Crippen LogP contribution in [0.4, 0.5) is 23.0 Å². The minimum absolute atomic E-state index is 0.108. The number of amides is 2. The number of likely N-dealkylation sites (tertiary alicyclic amines) is 2. The van der Waals surface area contributed by atoms with E-state index in [1.54, 1.807) is 95.6 Å². The number of nitrogens with one attached hydrogen (secondary N) is 1. The molecule has 3 heterocycles. The minimum atomic E-state index is -4.00. The molecule has 19 nitrogen and oxygen atoms in total. The van der Waals surface area contributed by atoms with Crippen molar-refractivity contribution in [3.63, 3.8) is 0 Å². The number of ether oxygens (including phenoxy) is 3. The summed E-state index contributed by atoms with van der Waals surface area (Å²) in [6.45, 7) is 14.0. The topological polar surface area (TPSA) is 236 Å². The summed E-state index contributed by atoms with van der Waals surface area (Å²) >= 11 is 0. The maximum absolute atomic E-state index is 13.5. The van der Waals surface area contributed by atoms with Crippen molar-refractivity contribution in [2.45, 2.75) is 95.8 Å². The number of nitrogens with zero attached hydrogens (tertiary/aromatic N) is 7. The maximum atomic E-state index is 13.5. The molecule has 21 heteroatoms. The van der Waals surface area contributed by atoms with Crippen LogP contribution in [0.15, 0.2) is 179 Å². The lowest BCUT2D eigenvalue weighted by Crippen LogP contribution is -2.45. The molecule has 3 N–H and O–H groups in total. The van der Waals surface area contributed by atoms with Crippen LogP contribution in [0.5, 0.6) is 17.2 Å². The van der Waals surface area contributed by atoms with E-state index in [0.717, 1.165) is 65.5 Å². The molecular formula is C66H81N9O10S2. The molecule has 2 aliphatic heterocycles. The van der Waals surface area contributed by atoms with Gasteiger partial charge in [-0.1, -0.05) is 105 Å². The molecule has 0 aliphatic carbocycles. The fourth-order valence-electron chi connectivity index (χ4n) is 9.37. The predicted molar refractivity (Wildman–Crippen MR) is 343 cm³/mol. The number of hydrogen-bond acceptors (Lipinski definition) is 13. The summed E-state index contributed by atoms with van der Waals surface area (Å²) < 4.78 is 72.4. The summed E-state index contributed by atoms with van der Waals surface area (Å²) in [5.74, 6) is 2.12. The number of ketones is 1. The zero-order valence-corrected chi connectivity index (χ0v) is 52.6. The maximum Gasteiger partial charge on any atom is 0.264 e. The Morgan fingerprint density at radius 3 is 1.52 bits per heavy atom. The highest BCUT2D eigenvalue weighted by molar-refractivity contribution is 7.93. The van der Waals surface area contributed by atoms with Gasteiger partial charge >= 0.3 is 0 Å². The Kier molecular flexibility index (Phi) is 25.7. The first kappa shape index (κ1) is 67.3. The van der Waals surface area contributed by atoms with Gasteiger partial charge in [-0.15, -0.1) is 0 Å². The van der Waals surface area contributed by atoms with Crippen molar-refractivity contribution >= 4 is 66.6 Å². The monoisotopic (exact) mass is 1220 g/mol. The molecule has 87 heavy (non-hydrogen) atoms. The first-order chi connectivity index (χ1) is 41.7. The van der Waals surface area contributed by atoms with Gasteiger partial charge in [0, 0.05) is 54.9 Å². The molecule has 7 aromatic rings. The van der Waals surface area contributed by atoms with Gasteiger partial charge in [-0.05, 0) is 144 Å². The van der Waals surface area contributed by atoms with Crippen LogP contribution >= 0.6 is 0 Å². The molecule has 6 aromatic carbocycles. The Bertz CT molecular complexity index is 3570. The SMILES string of the molecule is CC(=O)c1ccccc1.CCOc1ccccc1N(CC(=O)N1CCCCC1)S(=O)(=O)c1ccccc1.COc1ccc(OC)c(N(CC(=O)N2CCCCC2)S(=O)(=O)c2ccccc2)c1.Cc1cc(C)nc(N=C(N)Nc2ccc(C(C)C)cc2)n1. The van der Waals surface area contributed by atoms with E-state index in [0.29, 0.717) is 67.6 Å². The van der Waals surface area contributed by atoms with Crippen LogP contribution in [0.2, 0.25) is 0 Å². The molecule has 2 saturated heterocycles. The number of aromatic nitrogens is 2. The summed E-state index contributed by atoms with van der Waals surface area (Å²) in [5, 5.41) is 3.04. The Balaban J connectivity index is 0.000000196. The normalized spacial score (nSPS) is 13.2. The summed E-state index contributed by atoms with van der Waals surface area (Å²) in [4.78, 5) is 52.9. The van der Waals surface area contributed by atoms with E-state index in [2.05, 4.69) is 46.3 Å². The fourth-order valence-corrected chi connectivity index (χ4v) is 12.3. The van der Waals surface area contributed by atoms with Crippen LogP contribution in [0.3, 0.4) is 0 Å². The van der Waals surface area contributed by atoms with Crippen molar-refractivity contribution in [1.82, 2.24) is 19.8 Å². The van der Waals surface area contributed by atoms with Crippen molar-refractivity contribution in [2.75, 3.05) is 74.0 Å². The summed E-state index contributed by atoms with van der Waals surface area (Å²) in [5.41, 5.74) is 11.2. The number of guanidine groups is 1. The van der Waals surface area contributed by atoms with Gasteiger partial charge in [-0.25, -0.2) is 26.8 Å². The minimum Gasteiger partial charge on any atom is -0.497 e. The quantitative estimate of drug-likeness (QED) is 0.0462. The average Bonchev–Trinajstić information content (AvgIpc) is 2.27. The van der Waals surface area contributed by atoms with Gasteiger partial charge in [0.05, 0.1) is 42.0 Å². The number of hydrogen-bond donors (Lipinski definition) is 2. The molecule has 1 aromatic heterocycles. The van der Waals surface area contributed by atoms with E-state index >= 15 is 0 Å². The van der Waals surface area contributed by atoms with E-state index in [1.807, 2.05) is 69.3 Å². The Morgan fingerprint density at radius 2 is 1.07 bits per heavy atom. The average molecular weight is 1220 g/mol. The number of aryl methyl sites for hydroxylation is 2. The third-order valence-corrected chi connectivity index (χ3v) is 17.5. The predicted octanol–water partition coefficient (Wildman–Crippen LogP) is 11.4. The molecule has 0 saturated carbocycles. The van der Waals surface area contributed by atoms with Crippen molar-refractivity contribution < 1.29 is 45.4 Å². The van der Waals surface area contributed by atoms with Gasteiger partial charge in [0.15, 0.2) is 5.78 Å². The number of para-hydroxylation sites is 2. The smallest absolute Gasteiger partial charge is 0.264 e. The van der Waals surface area contributed by atoms with E-state index < -0.39 is 20.0 Å². The number of piperidine rings is 2. The molecule has 2 aliphatic rings. The number of anilines is 3. The molecule has 2 fully saturated rings. The van der Waals surface area contributed by atoms with Gasteiger partial charge < -0.3 is 35.1 Å². The Hall–Kier alpha value is -8.82. The van der Waals surface area contributed by atoms with Crippen molar-refractivity contribution in [3.8, 4) is 17.2 Å². The summed E-state index contributed by atoms with van der Waals surface area (Å²) in [7, 11) is -4.95. The first-order valence-electron chi connectivity index (χ1n) is 29.0. The van der Waals surface area contributed by atoms with Gasteiger partial charge in [-0.2, -0.15) is 4.99 Å². The molecular weight excluding hydrogens is 1140 g/mol. The highest BCUT2D eigenvalue weighted by Crippen LogP contribution is 2.37. The second-order valence-corrected chi connectivity index (χ2v) is 24.5. The highest BCUT2D eigenvalue weighted by Gasteiger charge is 2.33. The lowest BCUT2D eigenvalue weighted by atomic mass is 10.0. The molecule has 0 spiro atoms. The van der Waals surface area contributed by atoms with Crippen molar-refractivity contribution in [2.24, 2.45) is 10.7 Å². The number of methoxy groups -OCH3 is 2. The Labute approximate surface area is 513 Å². The van der Waals surface area contributed by atoms with Gasteiger partial charge in [0.2, 0.25) is 17.8 Å². The van der Waals surface area contributed by atoms with Crippen LogP contribution in [-0.2, 0) is 29.6 Å². The molecule has 0 bridgehead atoms. The summed E-state index contributed by atoms with van der Waals surface area (Å²) in [6.07, 6.45) is 5.95. The number of nitrogens with two attached hydrogens (primary N) is 1. The molecule has 2 amide bonds. The zero-order valence-electron chi connectivity index (χ0n) is 51.0. The molecule has 0 atom stereocenters.